The summed E-state index contributed by atoms with van der Waals surface area (Å²) < 4.78 is 37.9. The Kier molecular flexibility index (Phi) is 6.12. The largest absolute Gasteiger partial charge is 0.463 e. The molecule has 4 aliphatic rings. The van der Waals surface area contributed by atoms with Gasteiger partial charge >= 0.3 is 5.97 Å². The molecule has 0 saturated carbocycles. The van der Waals surface area contributed by atoms with E-state index in [-0.39, 0.29) is 56.2 Å². The maximum atomic E-state index is 10.6. The second kappa shape index (κ2) is 7.90. The van der Waals surface area contributed by atoms with Crippen molar-refractivity contribution in [2.24, 2.45) is 0 Å². The predicted molar refractivity (Wildman–Crippen MR) is 90.3 cm³/mol. The molecule has 9 nitrogen and oxygen atoms in total. The maximum absolute atomic E-state index is 10.6. The van der Waals surface area contributed by atoms with E-state index >= 15 is 0 Å². The summed E-state index contributed by atoms with van der Waals surface area (Å²) in [6.07, 6.45) is 0.568. The molecule has 4 heterocycles. The van der Waals surface area contributed by atoms with Crippen LogP contribution in [0.4, 0.5) is 0 Å². The molecule has 27 heavy (non-hydrogen) atoms. The highest BCUT2D eigenvalue weighted by Gasteiger charge is 2.49. The number of esters is 1. The summed E-state index contributed by atoms with van der Waals surface area (Å²) in [5.74, 6) is -1.39. The lowest BCUT2D eigenvalue weighted by molar-refractivity contribution is -0.209. The topological polar surface area (TPSA) is 102 Å². The molecule has 4 saturated heterocycles. The Morgan fingerprint density at radius 3 is 1.85 bits per heavy atom. The van der Waals surface area contributed by atoms with Crippen molar-refractivity contribution < 1.29 is 43.1 Å². The molecule has 0 aromatic heterocycles. The van der Waals surface area contributed by atoms with Gasteiger partial charge in [-0.05, 0) is 27.7 Å². The third-order valence-corrected chi connectivity index (χ3v) is 4.60. The van der Waals surface area contributed by atoms with Crippen LogP contribution in [0.15, 0.2) is 0 Å². The van der Waals surface area contributed by atoms with E-state index < -0.39 is 11.6 Å². The summed E-state index contributed by atoms with van der Waals surface area (Å²) >= 11 is 0. The summed E-state index contributed by atoms with van der Waals surface area (Å²) in [4.78, 5) is 10.6. The lowest BCUT2D eigenvalue weighted by Gasteiger charge is -2.20. The zero-order chi connectivity index (χ0) is 19.8. The fraction of sp³-hybridized carbons (Fsp3) is 0.944. The molecule has 4 rings (SSSR count). The molecule has 0 aromatic carbocycles. The van der Waals surface area contributed by atoms with Gasteiger partial charge in [0.15, 0.2) is 24.2 Å². The quantitative estimate of drug-likeness (QED) is 0.709. The molecule has 0 aliphatic carbocycles. The van der Waals surface area contributed by atoms with Crippen LogP contribution in [0.1, 0.15) is 47.5 Å². The highest BCUT2D eigenvalue weighted by molar-refractivity contribution is 5.65. The van der Waals surface area contributed by atoms with Crippen LogP contribution in [-0.2, 0) is 38.0 Å². The van der Waals surface area contributed by atoms with Gasteiger partial charge in [0.05, 0.1) is 18.8 Å². The molecule has 4 aliphatic heterocycles. The number of carbonyl (C=O) groups excluding carboxylic acids is 1. The Bertz CT molecular complexity index is 503. The lowest BCUT2D eigenvalue weighted by Crippen LogP contribution is -2.26. The maximum Gasteiger partial charge on any atom is 0.302 e. The van der Waals surface area contributed by atoms with Gasteiger partial charge in [0, 0.05) is 19.8 Å². The minimum atomic E-state index is -0.568. The van der Waals surface area contributed by atoms with E-state index in [0.717, 1.165) is 6.42 Å². The number of carbonyl (C=O) groups is 1. The van der Waals surface area contributed by atoms with Gasteiger partial charge < -0.3 is 38.3 Å². The number of fused-ring (bicyclic) bond motifs is 2. The molecule has 0 amide bonds. The number of hydrogen-bond acceptors (Lipinski definition) is 9. The molecule has 1 N–H and O–H groups in total. The summed E-state index contributed by atoms with van der Waals surface area (Å²) in [7, 11) is 0. The van der Waals surface area contributed by atoms with Crippen LogP contribution in [0.25, 0.3) is 0 Å². The van der Waals surface area contributed by atoms with E-state index in [1.54, 1.807) is 0 Å². The molecule has 156 valence electrons. The molecule has 0 radical (unpaired) electrons. The van der Waals surface area contributed by atoms with Crippen LogP contribution in [0.2, 0.25) is 0 Å². The van der Waals surface area contributed by atoms with Crippen molar-refractivity contribution in [1.29, 1.82) is 0 Å². The van der Waals surface area contributed by atoms with E-state index in [0.29, 0.717) is 6.42 Å². The first-order chi connectivity index (χ1) is 12.6. The first-order valence-corrected chi connectivity index (χ1v) is 9.33. The Balaban J connectivity index is 0.000000159. The van der Waals surface area contributed by atoms with Crippen molar-refractivity contribution in [3.8, 4) is 0 Å². The fourth-order valence-corrected chi connectivity index (χ4v) is 3.60. The number of ether oxygens (including phenoxy) is 7. The predicted octanol–water partition coefficient (Wildman–Crippen LogP) is 1.06. The molecular formula is C18H30O9. The van der Waals surface area contributed by atoms with Gasteiger partial charge in [0.1, 0.15) is 18.8 Å². The lowest BCUT2D eigenvalue weighted by atomic mass is 10.2. The molecule has 0 spiro atoms. The molecule has 4 fully saturated rings. The minimum Gasteiger partial charge on any atom is -0.463 e. The molecule has 0 unspecified atom stereocenters. The van der Waals surface area contributed by atoms with Crippen molar-refractivity contribution in [1.82, 2.24) is 0 Å². The van der Waals surface area contributed by atoms with Crippen molar-refractivity contribution in [3.63, 3.8) is 0 Å². The second-order valence-corrected chi connectivity index (χ2v) is 8.06. The Morgan fingerprint density at radius 1 is 0.926 bits per heavy atom. The summed E-state index contributed by atoms with van der Waals surface area (Å²) in [6.45, 7) is 9.14. The smallest absolute Gasteiger partial charge is 0.302 e. The third kappa shape index (κ3) is 5.38. The van der Waals surface area contributed by atoms with Crippen LogP contribution in [0.5, 0.6) is 0 Å². The van der Waals surface area contributed by atoms with Crippen molar-refractivity contribution in [3.05, 3.63) is 0 Å². The van der Waals surface area contributed by atoms with Crippen LogP contribution < -0.4 is 0 Å². The van der Waals surface area contributed by atoms with Crippen LogP contribution in [0, 0.1) is 0 Å². The van der Waals surface area contributed by atoms with Gasteiger partial charge in [-0.1, -0.05) is 0 Å². The number of hydrogen-bond donors (Lipinski definition) is 1. The highest BCUT2D eigenvalue weighted by atomic mass is 16.8. The molecule has 0 bridgehead atoms. The van der Waals surface area contributed by atoms with Crippen molar-refractivity contribution >= 4 is 5.97 Å². The van der Waals surface area contributed by atoms with E-state index in [2.05, 4.69) is 0 Å². The average Bonchev–Trinajstić information content (AvgIpc) is 3.21. The van der Waals surface area contributed by atoms with Gasteiger partial charge in [0.25, 0.3) is 0 Å². The highest BCUT2D eigenvalue weighted by Crippen LogP contribution is 2.37. The average molecular weight is 390 g/mol. The Hall–Kier alpha value is -0.810. The van der Waals surface area contributed by atoms with Gasteiger partial charge in [-0.25, -0.2) is 0 Å². The first kappa shape index (κ1) is 20.9. The summed E-state index contributed by atoms with van der Waals surface area (Å²) in [5.41, 5.74) is 0. The van der Waals surface area contributed by atoms with E-state index in [4.69, 9.17) is 38.3 Å². The molecule has 9 heteroatoms. The van der Waals surface area contributed by atoms with Crippen LogP contribution >= 0.6 is 0 Å². The summed E-state index contributed by atoms with van der Waals surface area (Å²) in [5, 5.41) is 8.82. The van der Waals surface area contributed by atoms with Crippen molar-refractivity contribution in [2.45, 2.75) is 96.0 Å². The van der Waals surface area contributed by atoms with Gasteiger partial charge in [0.2, 0.25) is 0 Å². The Morgan fingerprint density at radius 2 is 1.41 bits per heavy atom. The number of aliphatic hydroxyl groups is 1. The van der Waals surface area contributed by atoms with Gasteiger partial charge in [-0.3, -0.25) is 4.79 Å². The number of rotatable bonds is 3. The monoisotopic (exact) mass is 390 g/mol. The fourth-order valence-electron chi connectivity index (χ4n) is 3.60. The van der Waals surface area contributed by atoms with E-state index in [9.17, 15) is 4.79 Å². The van der Waals surface area contributed by atoms with Gasteiger partial charge in [-0.15, -0.1) is 0 Å². The second-order valence-electron chi connectivity index (χ2n) is 8.06. The molecule has 6 atom stereocenters. The SMILES string of the molecule is CC(=O)OC[C@@H]1C[C@H]2OC(C)(C)O[C@H]2O1.CC1(C)O[C@H]2O[C@H](CO)C[C@H]2O1. The number of aliphatic hydroxyl groups excluding tert-OH is 1. The molecular weight excluding hydrogens is 360 g/mol. The third-order valence-electron chi connectivity index (χ3n) is 4.60. The van der Waals surface area contributed by atoms with Gasteiger partial charge in [-0.2, -0.15) is 0 Å². The zero-order valence-corrected chi connectivity index (χ0v) is 16.5. The summed E-state index contributed by atoms with van der Waals surface area (Å²) in [6, 6.07) is 0. The van der Waals surface area contributed by atoms with E-state index in [1.807, 2.05) is 27.7 Å². The zero-order valence-electron chi connectivity index (χ0n) is 16.5. The minimum absolute atomic E-state index is 0.00264. The van der Waals surface area contributed by atoms with E-state index in [1.165, 1.54) is 6.92 Å². The van der Waals surface area contributed by atoms with Crippen LogP contribution in [0.3, 0.4) is 0 Å². The van der Waals surface area contributed by atoms with Crippen molar-refractivity contribution in [2.75, 3.05) is 13.2 Å². The first-order valence-electron chi connectivity index (χ1n) is 9.33. The normalized spacial score (nSPS) is 40.8. The van der Waals surface area contributed by atoms with Crippen LogP contribution in [-0.4, -0.2) is 72.9 Å². The molecule has 0 aromatic rings. The Labute approximate surface area is 159 Å². The standard InChI is InChI=1S/C10H16O5.C8H14O4/c1-6(11)12-5-7-4-8-9(13-7)15-10(2,3)14-8;1-8(2)11-6-3-5(4-9)10-7(6)12-8/h7-9H,4-5H2,1-3H3;5-7,9H,3-4H2,1-2H3/t7-,8+,9+;5-,6+,7+/m00/s1.